The minimum absolute atomic E-state index is 1.11. The molecule has 0 bridgehead atoms. The zero-order valence-electron chi connectivity index (χ0n) is 26.3. The van der Waals surface area contributed by atoms with Gasteiger partial charge < -0.3 is 4.90 Å². The summed E-state index contributed by atoms with van der Waals surface area (Å²) in [5.74, 6) is 0. The highest BCUT2D eigenvalue weighted by molar-refractivity contribution is 7.26. The molecule has 0 amide bonds. The van der Waals surface area contributed by atoms with E-state index in [1.807, 2.05) is 11.3 Å². The molecule has 226 valence electrons. The lowest BCUT2D eigenvalue weighted by atomic mass is 9.96. The summed E-state index contributed by atoms with van der Waals surface area (Å²) in [6.45, 7) is 0. The van der Waals surface area contributed by atoms with E-state index in [2.05, 4.69) is 193 Å². The first kappa shape index (κ1) is 28.3. The Morgan fingerprint density at radius 3 is 1.67 bits per heavy atom. The van der Waals surface area contributed by atoms with E-state index in [1.165, 1.54) is 64.3 Å². The maximum atomic E-state index is 2.36. The molecule has 9 rings (SSSR count). The number of anilines is 3. The van der Waals surface area contributed by atoms with E-state index in [9.17, 15) is 0 Å². The molecule has 9 aromatic rings. The van der Waals surface area contributed by atoms with Crippen LogP contribution in [0.5, 0.6) is 0 Å². The zero-order valence-corrected chi connectivity index (χ0v) is 27.1. The van der Waals surface area contributed by atoms with Gasteiger partial charge in [0, 0.05) is 42.6 Å². The second kappa shape index (κ2) is 12.0. The highest BCUT2D eigenvalue weighted by Gasteiger charge is 2.16. The molecule has 0 fully saturated rings. The van der Waals surface area contributed by atoms with Gasteiger partial charge in [0.25, 0.3) is 0 Å². The van der Waals surface area contributed by atoms with E-state index in [0.29, 0.717) is 0 Å². The molecule has 0 saturated carbocycles. The van der Waals surface area contributed by atoms with Crippen LogP contribution in [0.15, 0.2) is 188 Å². The molecule has 0 unspecified atom stereocenters. The van der Waals surface area contributed by atoms with Crippen LogP contribution < -0.4 is 4.90 Å². The number of benzene rings is 8. The Bertz CT molecular complexity index is 2530. The van der Waals surface area contributed by atoms with Crippen molar-refractivity contribution in [2.45, 2.75) is 0 Å². The lowest BCUT2D eigenvalue weighted by molar-refractivity contribution is 1.28. The van der Waals surface area contributed by atoms with Gasteiger partial charge in [-0.05, 0) is 81.2 Å². The van der Waals surface area contributed by atoms with Crippen molar-refractivity contribution in [2.75, 3.05) is 4.90 Å². The summed E-state index contributed by atoms with van der Waals surface area (Å²) in [7, 11) is 0. The quantitative estimate of drug-likeness (QED) is 0.177. The van der Waals surface area contributed by atoms with E-state index in [4.69, 9.17) is 0 Å². The Morgan fingerprint density at radius 1 is 0.354 bits per heavy atom. The number of fused-ring (bicyclic) bond motifs is 5. The first-order chi connectivity index (χ1) is 23.8. The fraction of sp³-hybridized carbons (Fsp3) is 0. The Morgan fingerprint density at radius 2 is 0.938 bits per heavy atom. The molecular weight excluding hydrogens is 599 g/mol. The molecule has 0 aliphatic rings. The van der Waals surface area contributed by atoms with Gasteiger partial charge in [-0.25, -0.2) is 0 Å². The molecule has 0 atom stereocenters. The van der Waals surface area contributed by atoms with Gasteiger partial charge >= 0.3 is 0 Å². The highest BCUT2D eigenvalue weighted by Crippen LogP contribution is 2.43. The average molecular weight is 630 g/mol. The largest absolute Gasteiger partial charge is 0.310 e. The zero-order chi connectivity index (χ0) is 31.9. The molecule has 1 heterocycles. The van der Waals surface area contributed by atoms with E-state index in [-0.39, 0.29) is 0 Å². The Labute approximate surface area is 284 Å². The van der Waals surface area contributed by atoms with Crippen molar-refractivity contribution in [3.05, 3.63) is 188 Å². The fourth-order valence-electron chi connectivity index (χ4n) is 6.92. The lowest BCUT2D eigenvalue weighted by Gasteiger charge is -2.26. The first-order valence-electron chi connectivity index (χ1n) is 16.3. The van der Waals surface area contributed by atoms with E-state index < -0.39 is 0 Å². The topological polar surface area (TPSA) is 3.24 Å². The second-order valence-electron chi connectivity index (χ2n) is 12.2. The summed E-state index contributed by atoms with van der Waals surface area (Å²) >= 11 is 1.89. The molecule has 0 saturated heterocycles. The van der Waals surface area contributed by atoms with Crippen LogP contribution in [0, 0.1) is 0 Å². The summed E-state index contributed by atoms with van der Waals surface area (Å²) in [5.41, 5.74) is 10.6. The molecule has 0 aliphatic carbocycles. The number of rotatable bonds is 6. The maximum absolute atomic E-state index is 2.36. The maximum Gasteiger partial charge on any atom is 0.0467 e. The summed E-state index contributed by atoms with van der Waals surface area (Å²) in [6.07, 6.45) is 0. The van der Waals surface area contributed by atoms with Crippen LogP contribution in [0.2, 0.25) is 0 Å². The highest BCUT2D eigenvalue weighted by atomic mass is 32.1. The summed E-state index contributed by atoms with van der Waals surface area (Å²) in [6, 6.07) is 68.0. The molecule has 0 radical (unpaired) electrons. The molecule has 0 spiro atoms. The van der Waals surface area contributed by atoms with Gasteiger partial charge in [0.1, 0.15) is 0 Å². The lowest BCUT2D eigenvalue weighted by Crippen LogP contribution is -2.10. The summed E-state index contributed by atoms with van der Waals surface area (Å²) < 4.78 is 2.68. The van der Waals surface area contributed by atoms with E-state index in [1.54, 1.807) is 0 Å². The van der Waals surface area contributed by atoms with Gasteiger partial charge in [0.15, 0.2) is 0 Å². The van der Waals surface area contributed by atoms with Crippen LogP contribution in [-0.4, -0.2) is 0 Å². The van der Waals surface area contributed by atoms with Gasteiger partial charge in [-0.3, -0.25) is 0 Å². The first-order valence-corrected chi connectivity index (χ1v) is 17.2. The van der Waals surface area contributed by atoms with Crippen LogP contribution in [-0.2, 0) is 0 Å². The van der Waals surface area contributed by atoms with Crippen LogP contribution in [0.25, 0.3) is 64.3 Å². The van der Waals surface area contributed by atoms with Crippen molar-refractivity contribution in [3.8, 4) is 33.4 Å². The van der Waals surface area contributed by atoms with Crippen molar-refractivity contribution < 1.29 is 0 Å². The van der Waals surface area contributed by atoms with Crippen molar-refractivity contribution in [1.29, 1.82) is 0 Å². The molecule has 48 heavy (non-hydrogen) atoms. The monoisotopic (exact) mass is 629 g/mol. The normalized spacial score (nSPS) is 11.3. The van der Waals surface area contributed by atoms with Gasteiger partial charge in [-0.15, -0.1) is 11.3 Å². The number of hydrogen-bond acceptors (Lipinski definition) is 2. The number of hydrogen-bond donors (Lipinski definition) is 0. The molecule has 1 aromatic heterocycles. The second-order valence-corrected chi connectivity index (χ2v) is 13.2. The SMILES string of the molecule is c1ccc(-c2ccc(N(c3ccc(-c4cccc5ccc6c7ccccc7sc6c45)cc3)c3cccc(-c4ccccc4)c3)cc2)cc1. The molecule has 0 N–H and O–H groups in total. The van der Waals surface area contributed by atoms with Crippen molar-refractivity contribution in [1.82, 2.24) is 0 Å². The van der Waals surface area contributed by atoms with Crippen LogP contribution in [0.3, 0.4) is 0 Å². The Hall–Kier alpha value is -5.96. The average Bonchev–Trinajstić information content (AvgIpc) is 3.55. The van der Waals surface area contributed by atoms with E-state index >= 15 is 0 Å². The molecule has 0 aliphatic heterocycles. The van der Waals surface area contributed by atoms with Crippen molar-refractivity contribution in [2.24, 2.45) is 0 Å². The third-order valence-corrected chi connectivity index (χ3v) is 10.5. The standard InChI is InChI=1S/C46H31NS/c1-3-11-32(12-4-1)34-21-26-38(27-22-34)47(40-17-9-16-37(31-40)33-13-5-2-6-14-33)39-28-23-35(24-29-39)41-19-10-15-36-25-30-43-42-18-7-8-20-44(42)48-46(43)45(36)41/h1-31H. The Balaban J connectivity index is 1.16. The van der Waals surface area contributed by atoms with Crippen LogP contribution in [0.4, 0.5) is 17.1 Å². The van der Waals surface area contributed by atoms with Crippen LogP contribution >= 0.6 is 11.3 Å². The molecule has 1 nitrogen and oxygen atoms in total. The van der Waals surface area contributed by atoms with Gasteiger partial charge in [-0.1, -0.05) is 146 Å². The Kier molecular flexibility index (Phi) is 7.07. The van der Waals surface area contributed by atoms with Gasteiger partial charge in [-0.2, -0.15) is 0 Å². The molecule has 8 aromatic carbocycles. The van der Waals surface area contributed by atoms with E-state index in [0.717, 1.165) is 17.1 Å². The third-order valence-electron chi connectivity index (χ3n) is 9.27. The fourth-order valence-corrected chi connectivity index (χ4v) is 8.19. The predicted molar refractivity (Wildman–Crippen MR) is 208 cm³/mol. The summed E-state index contributed by atoms with van der Waals surface area (Å²) in [4.78, 5) is 2.36. The predicted octanol–water partition coefficient (Wildman–Crippen LogP) is 13.7. The number of nitrogens with zero attached hydrogens (tertiary/aromatic N) is 1. The molecule has 2 heteroatoms. The molecular formula is C46H31NS. The van der Waals surface area contributed by atoms with Crippen LogP contribution in [0.1, 0.15) is 0 Å². The smallest absolute Gasteiger partial charge is 0.0467 e. The van der Waals surface area contributed by atoms with Crippen molar-refractivity contribution >= 4 is 59.3 Å². The third kappa shape index (κ3) is 5.04. The minimum Gasteiger partial charge on any atom is -0.310 e. The number of thiophene rings is 1. The van der Waals surface area contributed by atoms with Gasteiger partial charge in [0.2, 0.25) is 0 Å². The minimum atomic E-state index is 1.11. The summed E-state index contributed by atoms with van der Waals surface area (Å²) in [5, 5.41) is 5.26. The van der Waals surface area contributed by atoms with Gasteiger partial charge in [0.05, 0.1) is 0 Å². The van der Waals surface area contributed by atoms with Crippen molar-refractivity contribution in [3.63, 3.8) is 0 Å².